The molecule has 11 aromatic carbocycles. The van der Waals surface area contributed by atoms with Crippen molar-refractivity contribution in [3.05, 3.63) is 259 Å². The standard InChI is InChI=1S/C67H41N5O/c73-67-57-40-56-55-39-46(70-60-30-16-12-26-49(60)50-27-13-17-31-61(50)70)32-36-62(55)68(42-18-4-1-5-19-42)64(56)41-53(57)51-34-35-52-54-38-45(69-58-28-14-10-24-47(58)48-25-11-15-29-59(48)69)33-37-63(54)71(43-20-6-2-7-21-43)65(52)66(51)72(67)44-22-8-3-9-23-44/h1-41H. The van der Waals surface area contributed by atoms with E-state index in [2.05, 4.69) is 249 Å². The van der Waals surface area contributed by atoms with E-state index >= 15 is 4.79 Å². The third kappa shape index (κ3) is 5.54. The van der Waals surface area contributed by atoms with Gasteiger partial charge in [-0.05, 0) is 115 Å². The van der Waals surface area contributed by atoms with Crippen LogP contribution in [-0.4, -0.2) is 22.8 Å². The Morgan fingerprint density at radius 2 is 0.534 bits per heavy atom. The van der Waals surface area contributed by atoms with Gasteiger partial charge in [0.05, 0.1) is 49.7 Å². The van der Waals surface area contributed by atoms with Crippen LogP contribution in [0.5, 0.6) is 0 Å². The number of hydrogen-bond acceptors (Lipinski definition) is 1. The van der Waals surface area contributed by atoms with Crippen LogP contribution in [-0.2, 0) is 0 Å². The maximum absolute atomic E-state index is 16.1. The van der Waals surface area contributed by atoms with E-state index in [-0.39, 0.29) is 5.56 Å². The van der Waals surface area contributed by atoms with Crippen molar-refractivity contribution in [2.24, 2.45) is 0 Å². The SMILES string of the molecule is O=c1c2cc3c4cc(-n5c6ccccc6c6ccccc65)ccc4n(-c4ccccc4)c3cc2c2ccc3c4cc(-n5c6ccccc6c6ccccc65)ccc4n(-c4ccccc4)c3c2n1-c1ccccc1. The highest BCUT2D eigenvalue weighted by Crippen LogP contribution is 2.44. The van der Waals surface area contributed by atoms with Crippen LogP contribution in [0.3, 0.4) is 0 Å². The van der Waals surface area contributed by atoms with Crippen molar-refractivity contribution in [3.63, 3.8) is 0 Å². The van der Waals surface area contributed by atoms with Gasteiger partial charge in [0.1, 0.15) is 0 Å². The van der Waals surface area contributed by atoms with E-state index in [4.69, 9.17) is 0 Å². The Hall–Kier alpha value is -9.91. The molecule has 0 bridgehead atoms. The normalized spacial score (nSPS) is 12.2. The first-order valence-electron chi connectivity index (χ1n) is 24.9. The molecule has 6 nitrogen and oxygen atoms in total. The van der Waals surface area contributed by atoms with Crippen molar-refractivity contribution in [2.45, 2.75) is 0 Å². The van der Waals surface area contributed by atoms with Crippen molar-refractivity contribution in [1.82, 2.24) is 22.8 Å². The zero-order chi connectivity index (χ0) is 47.9. The van der Waals surface area contributed by atoms with Gasteiger partial charge in [-0.15, -0.1) is 0 Å². The van der Waals surface area contributed by atoms with Gasteiger partial charge in [-0.25, -0.2) is 0 Å². The number of benzene rings is 11. The molecular weight excluding hydrogens is 891 g/mol. The van der Waals surface area contributed by atoms with Crippen LogP contribution in [0, 0.1) is 0 Å². The summed E-state index contributed by atoms with van der Waals surface area (Å²) >= 11 is 0. The largest absolute Gasteiger partial charge is 0.309 e. The van der Waals surface area contributed by atoms with Gasteiger partial charge in [-0.1, -0.05) is 140 Å². The number of hydrogen-bond donors (Lipinski definition) is 0. The summed E-state index contributed by atoms with van der Waals surface area (Å²) in [6, 6.07) is 88.6. The van der Waals surface area contributed by atoms with E-state index in [1.54, 1.807) is 0 Å². The van der Waals surface area contributed by atoms with Gasteiger partial charge in [0.2, 0.25) is 0 Å². The highest BCUT2D eigenvalue weighted by molar-refractivity contribution is 6.25. The number of rotatable bonds is 5. The van der Waals surface area contributed by atoms with E-state index in [1.807, 2.05) is 22.8 Å². The highest BCUT2D eigenvalue weighted by Gasteiger charge is 2.25. The maximum Gasteiger partial charge on any atom is 0.263 e. The minimum absolute atomic E-state index is 0.0712. The third-order valence-electron chi connectivity index (χ3n) is 15.4. The zero-order valence-electron chi connectivity index (χ0n) is 39.3. The van der Waals surface area contributed by atoms with Crippen LogP contribution in [0.15, 0.2) is 254 Å². The first-order valence-corrected chi connectivity index (χ1v) is 24.9. The van der Waals surface area contributed by atoms with Crippen molar-refractivity contribution >= 4 is 109 Å². The molecule has 0 fully saturated rings. The van der Waals surface area contributed by atoms with E-state index in [9.17, 15) is 0 Å². The second kappa shape index (κ2) is 15.0. The molecule has 0 unspecified atom stereocenters. The summed E-state index contributed by atoms with van der Waals surface area (Å²) in [5, 5.41) is 11.7. The monoisotopic (exact) mass is 931 g/mol. The summed E-state index contributed by atoms with van der Waals surface area (Å²) in [5.41, 5.74) is 14.6. The molecule has 0 radical (unpaired) electrons. The number of nitrogens with zero attached hydrogens (tertiary/aromatic N) is 5. The molecule has 0 atom stereocenters. The summed E-state index contributed by atoms with van der Waals surface area (Å²) in [6.45, 7) is 0. The maximum atomic E-state index is 16.1. The van der Waals surface area contributed by atoms with Gasteiger partial charge < -0.3 is 18.3 Å². The van der Waals surface area contributed by atoms with Crippen LogP contribution in [0.4, 0.5) is 0 Å². The molecule has 0 N–H and O–H groups in total. The fourth-order valence-electron chi connectivity index (χ4n) is 12.4. The van der Waals surface area contributed by atoms with Crippen LogP contribution >= 0.6 is 0 Å². The number of pyridine rings is 1. The van der Waals surface area contributed by atoms with Gasteiger partial charge in [0.15, 0.2) is 0 Å². The molecule has 0 saturated heterocycles. The topological polar surface area (TPSA) is 41.7 Å². The van der Waals surface area contributed by atoms with E-state index in [1.165, 1.54) is 21.5 Å². The zero-order valence-corrected chi connectivity index (χ0v) is 39.3. The Balaban J connectivity index is 1.04. The number of fused-ring (bicyclic) bond motifs is 16. The molecule has 16 rings (SSSR count). The summed E-state index contributed by atoms with van der Waals surface area (Å²) in [4.78, 5) is 16.1. The number of para-hydroxylation sites is 7. The van der Waals surface area contributed by atoms with Gasteiger partial charge >= 0.3 is 0 Å². The lowest BCUT2D eigenvalue weighted by Gasteiger charge is -2.17. The van der Waals surface area contributed by atoms with Crippen LogP contribution in [0.1, 0.15) is 0 Å². The van der Waals surface area contributed by atoms with Gasteiger partial charge in [-0.3, -0.25) is 9.36 Å². The Morgan fingerprint density at radius 1 is 0.192 bits per heavy atom. The average molecular weight is 932 g/mol. The van der Waals surface area contributed by atoms with Gasteiger partial charge in [0.25, 0.3) is 5.56 Å². The van der Waals surface area contributed by atoms with Crippen LogP contribution in [0.2, 0.25) is 0 Å². The smallest absolute Gasteiger partial charge is 0.263 e. The van der Waals surface area contributed by atoms with Crippen LogP contribution in [0.25, 0.3) is 137 Å². The fraction of sp³-hybridized carbons (Fsp3) is 0. The van der Waals surface area contributed by atoms with E-state index in [0.717, 1.165) is 110 Å². The summed E-state index contributed by atoms with van der Waals surface area (Å²) in [6.07, 6.45) is 0. The lowest BCUT2D eigenvalue weighted by molar-refractivity contribution is 1.06. The predicted octanol–water partition coefficient (Wildman–Crippen LogP) is 16.5. The third-order valence-corrected chi connectivity index (χ3v) is 15.4. The fourth-order valence-corrected chi connectivity index (χ4v) is 12.4. The molecule has 73 heavy (non-hydrogen) atoms. The quantitative estimate of drug-likeness (QED) is 0.159. The Kier molecular flexibility index (Phi) is 8.22. The highest BCUT2D eigenvalue weighted by atomic mass is 16.1. The molecule has 0 saturated carbocycles. The van der Waals surface area contributed by atoms with E-state index in [0.29, 0.717) is 5.39 Å². The molecule has 0 amide bonds. The predicted molar refractivity (Wildman–Crippen MR) is 304 cm³/mol. The molecular formula is C67H41N5O. The molecule has 0 spiro atoms. The van der Waals surface area contributed by atoms with E-state index < -0.39 is 0 Å². The van der Waals surface area contributed by atoms with Crippen molar-refractivity contribution in [1.29, 1.82) is 0 Å². The van der Waals surface area contributed by atoms with Gasteiger partial charge in [0, 0.05) is 82.3 Å². The molecule has 0 aliphatic rings. The molecule has 5 aromatic heterocycles. The summed E-state index contributed by atoms with van der Waals surface area (Å²) in [7, 11) is 0. The van der Waals surface area contributed by atoms with Gasteiger partial charge in [-0.2, -0.15) is 0 Å². The first kappa shape index (κ1) is 39.9. The lowest BCUT2D eigenvalue weighted by Crippen LogP contribution is -2.20. The summed E-state index contributed by atoms with van der Waals surface area (Å²) < 4.78 is 11.5. The summed E-state index contributed by atoms with van der Waals surface area (Å²) in [5.74, 6) is 0. The lowest BCUT2D eigenvalue weighted by atomic mass is 10.0. The molecule has 340 valence electrons. The molecule has 16 aromatic rings. The minimum atomic E-state index is -0.0712. The minimum Gasteiger partial charge on any atom is -0.309 e. The average Bonchev–Trinajstić information content (AvgIpc) is 4.20. The molecule has 0 aliphatic heterocycles. The van der Waals surface area contributed by atoms with Crippen LogP contribution < -0.4 is 5.56 Å². The second-order valence-corrected chi connectivity index (χ2v) is 19.2. The molecule has 6 heteroatoms. The van der Waals surface area contributed by atoms with Crippen molar-refractivity contribution < 1.29 is 0 Å². The van der Waals surface area contributed by atoms with Crippen molar-refractivity contribution in [3.8, 4) is 28.4 Å². The second-order valence-electron chi connectivity index (χ2n) is 19.2. The Bertz CT molecular complexity index is 4930. The Morgan fingerprint density at radius 3 is 1.03 bits per heavy atom. The molecule has 5 heterocycles. The van der Waals surface area contributed by atoms with Crippen molar-refractivity contribution in [2.75, 3.05) is 0 Å². The number of aromatic nitrogens is 5. The Labute approximate surface area is 417 Å². The first-order chi connectivity index (χ1) is 36.2. The molecule has 0 aliphatic carbocycles.